The minimum absolute atomic E-state index is 0.0244. The summed E-state index contributed by atoms with van der Waals surface area (Å²) in [5, 5.41) is 0. The summed E-state index contributed by atoms with van der Waals surface area (Å²) < 4.78 is 13.5. The molecule has 1 fully saturated rings. The van der Waals surface area contributed by atoms with Crippen molar-refractivity contribution in [3.63, 3.8) is 0 Å². The zero-order chi connectivity index (χ0) is 10.7. The average molecular weight is 206 g/mol. The van der Waals surface area contributed by atoms with E-state index in [4.69, 9.17) is 0 Å². The fraction of sp³-hybridized carbons (Fsp3) is 0.571. The third kappa shape index (κ3) is 2.58. The van der Waals surface area contributed by atoms with E-state index < -0.39 is 0 Å². The van der Waals surface area contributed by atoms with Gasteiger partial charge in [0.1, 0.15) is 5.82 Å². The second kappa shape index (κ2) is 4.78. The highest BCUT2D eigenvalue weighted by Gasteiger charge is 2.16. The van der Waals surface area contributed by atoms with Crippen molar-refractivity contribution in [1.82, 2.24) is 0 Å². The molecule has 0 unspecified atom stereocenters. The molecule has 0 amide bonds. The maximum Gasteiger partial charge on any atom is 0.126 e. The van der Waals surface area contributed by atoms with E-state index in [0.717, 1.165) is 29.9 Å². The van der Waals surface area contributed by atoms with Crippen LogP contribution in [0.4, 0.5) is 4.39 Å². The van der Waals surface area contributed by atoms with Crippen LogP contribution in [-0.4, -0.2) is 0 Å². The van der Waals surface area contributed by atoms with Crippen LogP contribution in [0.5, 0.6) is 0 Å². The molecule has 82 valence electrons. The Kier molecular flexibility index (Phi) is 3.40. The molecular weight excluding hydrogens is 187 g/mol. The molecule has 0 aliphatic heterocycles. The van der Waals surface area contributed by atoms with E-state index in [9.17, 15) is 4.39 Å². The smallest absolute Gasteiger partial charge is 0.126 e. The van der Waals surface area contributed by atoms with Gasteiger partial charge in [0.25, 0.3) is 0 Å². The van der Waals surface area contributed by atoms with Gasteiger partial charge in [-0.05, 0) is 42.9 Å². The molecule has 0 nitrogen and oxygen atoms in total. The monoisotopic (exact) mass is 206 g/mol. The first-order valence-electron chi connectivity index (χ1n) is 6.01. The predicted octanol–water partition coefficient (Wildman–Crippen LogP) is 4.26. The third-order valence-electron chi connectivity index (χ3n) is 3.62. The molecule has 1 heteroatoms. The summed E-state index contributed by atoms with van der Waals surface area (Å²) in [6.07, 6.45) is 7.55. The fourth-order valence-corrected chi connectivity index (χ4v) is 2.33. The number of benzene rings is 1. The first-order chi connectivity index (χ1) is 7.27. The van der Waals surface area contributed by atoms with E-state index >= 15 is 0 Å². The molecule has 0 atom stereocenters. The van der Waals surface area contributed by atoms with Crippen LogP contribution in [0.25, 0.3) is 0 Å². The Morgan fingerprint density at radius 3 is 2.73 bits per heavy atom. The van der Waals surface area contributed by atoms with Crippen molar-refractivity contribution in [3.05, 3.63) is 35.1 Å². The Balaban J connectivity index is 1.86. The standard InChI is InChI=1S/C14H19F/c1-11-5-2-10-14(15)13(11)9-4-8-12-6-3-7-12/h2,5,10,12H,3-4,6-9H2,1H3. The van der Waals surface area contributed by atoms with Crippen molar-refractivity contribution in [3.8, 4) is 0 Å². The lowest BCUT2D eigenvalue weighted by molar-refractivity contribution is 0.289. The second-order valence-electron chi connectivity index (χ2n) is 4.72. The highest BCUT2D eigenvalue weighted by Crippen LogP contribution is 2.31. The van der Waals surface area contributed by atoms with E-state index in [0.29, 0.717) is 0 Å². The van der Waals surface area contributed by atoms with Crippen molar-refractivity contribution in [2.75, 3.05) is 0 Å². The van der Waals surface area contributed by atoms with Gasteiger partial charge in [0, 0.05) is 0 Å². The zero-order valence-electron chi connectivity index (χ0n) is 9.43. The fourth-order valence-electron chi connectivity index (χ4n) is 2.33. The van der Waals surface area contributed by atoms with Gasteiger partial charge in [-0.3, -0.25) is 0 Å². The van der Waals surface area contributed by atoms with Crippen LogP contribution in [-0.2, 0) is 6.42 Å². The molecule has 0 saturated heterocycles. The summed E-state index contributed by atoms with van der Waals surface area (Å²) >= 11 is 0. The highest BCUT2D eigenvalue weighted by molar-refractivity contribution is 5.27. The first-order valence-corrected chi connectivity index (χ1v) is 6.01. The van der Waals surface area contributed by atoms with E-state index in [1.165, 1.54) is 25.7 Å². The van der Waals surface area contributed by atoms with Gasteiger partial charge >= 0.3 is 0 Å². The number of halogens is 1. The molecular formula is C14H19F. The highest BCUT2D eigenvalue weighted by atomic mass is 19.1. The van der Waals surface area contributed by atoms with Crippen LogP contribution in [0.1, 0.15) is 43.2 Å². The normalized spacial score (nSPS) is 16.4. The van der Waals surface area contributed by atoms with Gasteiger partial charge in [-0.15, -0.1) is 0 Å². The molecule has 1 aliphatic rings. The van der Waals surface area contributed by atoms with E-state index in [-0.39, 0.29) is 5.82 Å². The van der Waals surface area contributed by atoms with Gasteiger partial charge in [-0.2, -0.15) is 0 Å². The summed E-state index contributed by atoms with van der Waals surface area (Å²) in [5.74, 6) is 0.917. The molecule has 1 aromatic rings. The SMILES string of the molecule is Cc1cccc(F)c1CCCC1CCC1. The van der Waals surface area contributed by atoms with Gasteiger partial charge in [0.05, 0.1) is 0 Å². The quantitative estimate of drug-likeness (QED) is 0.690. The minimum atomic E-state index is -0.0244. The van der Waals surface area contributed by atoms with Gasteiger partial charge in [0.15, 0.2) is 0 Å². The molecule has 1 saturated carbocycles. The van der Waals surface area contributed by atoms with Crippen LogP contribution in [0.15, 0.2) is 18.2 Å². The van der Waals surface area contributed by atoms with Crippen molar-refractivity contribution in [1.29, 1.82) is 0 Å². The molecule has 15 heavy (non-hydrogen) atoms. The molecule has 1 aliphatic carbocycles. The van der Waals surface area contributed by atoms with Gasteiger partial charge < -0.3 is 0 Å². The molecule has 0 aromatic heterocycles. The molecule has 2 rings (SSSR count). The number of aryl methyl sites for hydroxylation is 1. The molecule has 0 bridgehead atoms. The molecule has 0 spiro atoms. The summed E-state index contributed by atoms with van der Waals surface area (Å²) in [7, 11) is 0. The summed E-state index contributed by atoms with van der Waals surface area (Å²) in [6, 6.07) is 5.37. The van der Waals surface area contributed by atoms with Crippen LogP contribution in [0, 0.1) is 18.7 Å². The minimum Gasteiger partial charge on any atom is -0.207 e. The summed E-state index contributed by atoms with van der Waals surface area (Å²) in [4.78, 5) is 0. The maximum atomic E-state index is 13.5. The predicted molar refractivity (Wildman–Crippen MR) is 61.4 cm³/mol. The van der Waals surface area contributed by atoms with Crippen LogP contribution in [0.2, 0.25) is 0 Å². The summed E-state index contributed by atoms with van der Waals surface area (Å²) in [6.45, 7) is 2.00. The molecule has 0 heterocycles. The largest absolute Gasteiger partial charge is 0.207 e. The van der Waals surface area contributed by atoms with Crippen molar-refractivity contribution < 1.29 is 4.39 Å². The molecule has 1 aromatic carbocycles. The van der Waals surface area contributed by atoms with Crippen molar-refractivity contribution >= 4 is 0 Å². The zero-order valence-corrected chi connectivity index (χ0v) is 9.43. The van der Waals surface area contributed by atoms with Crippen LogP contribution < -0.4 is 0 Å². The number of rotatable bonds is 4. The van der Waals surface area contributed by atoms with Gasteiger partial charge in [0.2, 0.25) is 0 Å². The molecule has 0 N–H and O–H groups in total. The lowest BCUT2D eigenvalue weighted by Gasteiger charge is -2.25. The lowest BCUT2D eigenvalue weighted by Crippen LogP contribution is -2.11. The van der Waals surface area contributed by atoms with E-state index in [1.807, 2.05) is 13.0 Å². The molecule has 0 radical (unpaired) electrons. The third-order valence-corrected chi connectivity index (χ3v) is 3.62. The topological polar surface area (TPSA) is 0 Å². The Bertz CT molecular complexity index is 306. The van der Waals surface area contributed by atoms with E-state index in [2.05, 4.69) is 0 Å². The van der Waals surface area contributed by atoms with Crippen molar-refractivity contribution in [2.24, 2.45) is 5.92 Å². The Hall–Kier alpha value is -0.850. The van der Waals surface area contributed by atoms with Crippen molar-refractivity contribution in [2.45, 2.75) is 45.4 Å². The number of hydrogen-bond acceptors (Lipinski definition) is 0. The Morgan fingerprint density at radius 2 is 2.13 bits per heavy atom. The van der Waals surface area contributed by atoms with Crippen LogP contribution >= 0.6 is 0 Å². The van der Waals surface area contributed by atoms with Gasteiger partial charge in [-0.1, -0.05) is 37.8 Å². The average Bonchev–Trinajstić information content (AvgIpc) is 2.13. The number of hydrogen-bond donors (Lipinski definition) is 0. The first kappa shape index (κ1) is 10.7. The Morgan fingerprint density at radius 1 is 1.33 bits per heavy atom. The van der Waals surface area contributed by atoms with Gasteiger partial charge in [-0.25, -0.2) is 4.39 Å². The van der Waals surface area contributed by atoms with E-state index in [1.54, 1.807) is 12.1 Å². The van der Waals surface area contributed by atoms with Crippen LogP contribution in [0.3, 0.4) is 0 Å². The maximum absolute atomic E-state index is 13.5. The Labute approximate surface area is 91.5 Å². The second-order valence-corrected chi connectivity index (χ2v) is 4.72. The lowest BCUT2D eigenvalue weighted by atomic mass is 9.81. The summed E-state index contributed by atoms with van der Waals surface area (Å²) in [5.41, 5.74) is 2.03.